The highest BCUT2D eigenvalue weighted by Gasteiger charge is 2.24. The summed E-state index contributed by atoms with van der Waals surface area (Å²) >= 11 is 5.63. The average Bonchev–Trinajstić information content (AvgIpc) is 3.28. The Balaban J connectivity index is 1.61. The van der Waals surface area contributed by atoms with E-state index in [4.69, 9.17) is 21.1 Å². The number of ether oxygens (including phenoxy) is 2. The number of rotatable bonds is 12. The van der Waals surface area contributed by atoms with Gasteiger partial charge in [-0.3, -0.25) is 0 Å². The van der Waals surface area contributed by atoms with E-state index in [1.54, 1.807) is 0 Å². The molecule has 3 rings (SSSR count). The fraction of sp³-hybridized carbons (Fsp3) is 0.440. The smallest absolute Gasteiger partial charge is 0.122 e. The molecule has 184 valence electrons. The van der Waals surface area contributed by atoms with Crippen LogP contribution in [0.25, 0.3) is 0 Å². The summed E-state index contributed by atoms with van der Waals surface area (Å²) in [6.45, 7) is 6.52. The van der Waals surface area contributed by atoms with E-state index in [0.29, 0.717) is 11.4 Å². The van der Waals surface area contributed by atoms with Gasteiger partial charge in [0.05, 0.1) is 30.9 Å². The van der Waals surface area contributed by atoms with Crippen molar-refractivity contribution in [1.82, 2.24) is 15.0 Å². The summed E-state index contributed by atoms with van der Waals surface area (Å²) < 4.78 is 12.9. The van der Waals surface area contributed by atoms with Crippen molar-refractivity contribution in [2.24, 2.45) is 0 Å². The molecule has 3 N–H and O–H groups in total. The Bertz CT molecular complexity index is 1050. The van der Waals surface area contributed by atoms with Crippen LogP contribution in [0.1, 0.15) is 36.2 Å². The molecule has 2 aromatic carbocycles. The van der Waals surface area contributed by atoms with Gasteiger partial charge in [-0.25, -0.2) is 4.68 Å². The van der Waals surface area contributed by atoms with Gasteiger partial charge in [0.2, 0.25) is 0 Å². The van der Waals surface area contributed by atoms with Crippen LogP contribution in [-0.2, 0) is 18.6 Å². The topological polar surface area (TPSA) is 110 Å². The van der Waals surface area contributed by atoms with Crippen molar-refractivity contribution in [3.63, 3.8) is 0 Å². The Hall–Kier alpha value is -2.65. The fourth-order valence-corrected chi connectivity index (χ4v) is 3.65. The number of aliphatic hydroxyl groups excluding tert-OH is 3. The molecular formula is C25H32ClN3O5. The van der Waals surface area contributed by atoms with Gasteiger partial charge in [-0.05, 0) is 41.8 Å². The van der Waals surface area contributed by atoms with Crippen LogP contribution in [0.15, 0.2) is 48.7 Å². The van der Waals surface area contributed by atoms with Crippen LogP contribution in [0, 0.1) is 6.92 Å². The molecule has 0 amide bonds. The quantitative estimate of drug-likeness (QED) is 0.335. The minimum atomic E-state index is -0.794. The molecule has 0 bridgehead atoms. The van der Waals surface area contributed by atoms with Gasteiger partial charge in [0, 0.05) is 5.41 Å². The minimum absolute atomic E-state index is 0.0898. The first-order valence-electron chi connectivity index (χ1n) is 11.1. The van der Waals surface area contributed by atoms with E-state index in [1.165, 1.54) is 10.9 Å². The van der Waals surface area contributed by atoms with Crippen LogP contribution in [0.5, 0.6) is 11.5 Å². The number of aryl methyl sites for hydroxylation is 1. The zero-order chi connectivity index (χ0) is 24.7. The third-order valence-electron chi connectivity index (χ3n) is 5.77. The lowest BCUT2D eigenvalue weighted by Gasteiger charge is -2.27. The Morgan fingerprint density at radius 2 is 1.68 bits per heavy atom. The molecule has 8 nitrogen and oxygen atoms in total. The molecule has 3 aromatic rings. The number of nitrogens with zero attached hydrogens (tertiary/aromatic N) is 3. The van der Waals surface area contributed by atoms with Gasteiger partial charge in [0.15, 0.2) is 0 Å². The van der Waals surface area contributed by atoms with Crippen LogP contribution in [-0.4, -0.2) is 61.6 Å². The van der Waals surface area contributed by atoms with E-state index < -0.39 is 12.2 Å². The Kier molecular flexibility index (Phi) is 8.90. The molecule has 9 heteroatoms. The zero-order valence-electron chi connectivity index (χ0n) is 19.7. The van der Waals surface area contributed by atoms with Crippen LogP contribution in [0.2, 0.25) is 0 Å². The van der Waals surface area contributed by atoms with Crippen molar-refractivity contribution in [2.45, 2.75) is 51.5 Å². The van der Waals surface area contributed by atoms with Crippen molar-refractivity contribution >= 4 is 11.6 Å². The van der Waals surface area contributed by atoms with Crippen LogP contribution in [0.4, 0.5) is 0 Å². The lowest BCUT2D eigenvalue weighted by molar-refractivity contribution is 0.0866. The molecule has 0 aliphatic rings. The first-order chi connectivity index (χ1) is 16.2. The molecule has 0 spiro atoms. The van der Waals surface area contributed by atoms with Gasteiger partial charge >= 0.3 is 0 Å². The van der Waals surface area contributed by atoms with E-state index in [2.05, 4.69) is 30.2 Å². The van der Waals surface area contributed by atoms with E-state index in [-0.39, 0.29) is 37.7 Å². The van der Waals surface area contributed by atoms with Gasteiger partial charge in [-0.2, -0.15) is 0 Å². The summed E-state index contributed by atoms with van der Waals surface area (Å²) in [6, 6.07) is 13.8. The molecule has 34 heavy (non-hydrogen) atoms. The largest absolute Gasteiger partial charge is 0.491 e. The summed E-state index contributed by atoms with van der Waals surface area (Å²) in [5.74, 6) is 1.51. The van der Waals surface area contributed by atoms with Crippen LogP contribution < -0.4 is 9.47 Å². The fourth-order valence-electron chi connectivity index (χ4n) is 3.56. The summed E-state index contributed by atoms with van der Waals surface area (Å²) in [5.41, 5.74) is 3.50. The average molecular weight is 490 g/mol. The lowest BCUT2D eigenvalue weighted by atomic mass is 9.77. The normalized spacial score (nSPS) is 13.5. The highest BCUT2D eigenvalue weighted by molar-refractivity contribution is 6.18. The minimum Gasteiger partial charge on any atom is -0.491 e. The van der Waals surface area contributed by atoms with Gasteiger partial charge < -0.3 is 24.8 Å². The predicted octanol–water partition coefficient (Wildman–Crippen LogP) is 2.82. The predicted molar refractivity (Wildman–Crippen MR) is 129 cm³/mol. The van der Waals surface area contributed by atoms with E-state index in [0.717, 1.165) is 22.4 Å². The Morgan fingerprint density at radius 3 is 2.32 bits per heavy atom. The molecule has 0 saturated heterocycles. The number of hydrogen-bond donors (Lipinski definition) is 3. The highest BCUT2D eigenvalue weighted by Crippen LogP contribution is 2.34. The standard InChI is InChI=1S/C25H32ClN3O5/c1-17-10-19(6-9-24(17)34-15-21(31)11-26)25(2,3)18-4-7-23(8-5-18)33-16-22(32)13-29-20(14-30)12-27-28-29/h4-10,12,21-22,30-32H,11,13-16H2,1-3H3. The molecule has 0 saturated carbocycles. The highest BCUT2D eigenvalue weighted by atomic mass is 35.5. The molecule has 0 fully saturated rings. The summed E-state index contributed by atoms with van der Waals surface area (Å²) in [7, 11) is 0. The van der Waals surface area contributed by atoms with Gasteiger partial charge in [0.1, 0.15) is 36.9 Å². The van der Waals surface area contributed by atoms with Crippen molar-refractivity contribution in [3.05, 3.63) is 71.0 Å². The number of benzene rings is 2. The van der Waals surface area contributed by atoms with Gasteiger partial charge in [-0.15, -0.1) is 16.7 Å². The monoisotopic (exact) mass is 489 g/mol. The van der Waals surface area contributed by atoms with E-state index in [1.807, 2.05) is 43.3 Å². The lowest BCUT2D eigenvalue weighted by Crippen LogP contribution is -2.25. The molecule has 0 radical (unpaired) electrons. The first kappa shape index (κ1) is 26.0. The van der Waals surface area contributed by atoms with Crippen molar-refractivity contribution in [2.75, 3.05) is 19.1 Å². The number of alkyl halides is 1. The SMILES string of the molecule is Cc1cc(C(C)(C)c2ccc(OCC(O)Cn3nncc3CO)cc2)ccc1OCC(O)CCl. The Labute approximate surface area is 204 Å². The molecule has 2 unspecified atom stereocenters. The maximum absolute atomic E-state index is 10.2. The van der Waals surface area contributed by atoms with Crippen molar-refractivity contribution < 1.29 is 24.8 Å². The zero-order valence-corrected chi connectivity index (χ0v) is 20.4. The van der Waals surface area contributed by atoms with E-state index >= 15 is 0 Å². The molecule has 1 heterocycles. The molecular weight excluding hydrogens is 458 g/mol. The second kappa shape index (κ2) is 11.7. The number of aromatic nitrogens is 3. The second-order valence-electron chi connectivity index (χ2n) is 8.78. The molecule has 1 aromatic heterocycles. The maximum atomic E-state index is 10.2. The Morgan fingerprint density at radius 1 is 1.00 bits per heavy atom. The third-order valence-corrected chi connectivity index (χ3v) is 6.12. The molecule has 0 aliphatic carbocycles. The molecule has 2 atom stereocenters. The van der Waals surface area contributed by atoms with Gasteiger partial charge in [-0.1, -0.05) is 43.3 Å². The van der Waals surface area contributed by atoms with E-state index in [9.17, 15) is 15.3 Å². The summed E-state index contributed by atoms with van der Waals surface area (Å²) in [4.78, 5) is 0. The maximum Gasteiger partial charge on any atom is 0.122 e. The molecule has 0 aliphatic heterocycles. The number of aliphatic hydroxyl groups is 3. The number of halogens is 1. The summed E-state index contributed by atoms with van der Waals surface area (Å²) in [5, 5.41) is 36.7. The van der Waals surface area contributed by atoms with Crippen molar-refractivity contribution in [3.8, 4) is 11.5 Å². The van der Waals surface area contributed by atoms with Gasteiger partial charge in [0.25, 0.3) is 0 Å². The van der Waals surface area contributed by atoms with Crippen molar-refractivity contribution in [1.29, 1.82) is 0 Å². The summed E-state index contributed by atoms with van der Waals surface area (Å²) in [6.07, 6.45) is -0.0285. The number of hydrogen-bond acceptors (Lipinski definition) is 7. The second-order valence-corrected chi connectivity index (χ2v) is 9.09. The first-order valence-corrected chi connectivity index (χ1v) is 11.7. The third kappa shape index (κ3) is 6.48. The van der Waals surface area contributed by atoms with Crippen LogP contribution >= 0.6 is 11.6 Å². The van der Waals surface area contributed by atoms with Crippen LogP contribution in [0.3, 0.4) is 0 Å².